The van der Waals surface area contributed by atoms with Gasteiger partial charge in [-0.2, -0.15) is 0 Å². The number of nitrogens with one attached hydrogen (secondary N) is 1. The van der Waals surface area contributed by atoms with Gasteiger partial charge in [-0.3, -0.25) is 19.1 Å². The first-order valence-corrected chi connectivity index (χ1v) is 5.96. The summed E-state index contributed by atoms with van der Waals surface area (Å²) in [5.74, 6) is -0.515. The highest BCUT2D eigenvalue weighted by molar-refractivity contribution is 5.71. The van der Waals surface area contributed by atoms with Crippen LogP contribution >= 0.6 is 0 Å². The largest absolute Gasteiger partial charge is 0.481 e. The summed E-state index contributed by atoms with van der Waals surface area (Å²) in [5, 5.41) is 8.74. The minimum atomic E-state index is -0.954. The number of carboxylic acid groups (broad SMARTS) is 1. The number of rotatable bonds is 5. The van der Waals surface area contributed by atoms with Crippen molar-refractivity contribution in [3.63, 3.8) is 0 Å². The average molecular weight is 278 g/mol. The summed E-state index contributed by atoms with van der Waals surface area (Å²) in [7, 11) is 1.49. The number of aromatic amines is 1. The van der Waals surface area contributed by atoms with E-state index >= 15 is 0 Å². The highest BCUT2D eigenvalue weighted by Crippen LogP contribution is 2.12. The highest BCUT2D eigenvalue weighted by Gasteiger charge is 2.16. The Morgan fingerprint density at radius 1 is 1.50 bits per heavy atom. The van der Waals surface area contributed by atoms with Crippen LogP contribution in [-0.2, 0) is 24.8 Å². The summed E-state index contributed by atoms with van der Waals surface area (Å²) < 4.78 is 2.80. The molecule has 2 aromatic rings. The predicted octanol–water partition coefficient (Wildman–Crippen LogP) is -0.373. The lowest BCUT2D eigenvalue weighted by Gasteiger charge is -2.04. The molecule has 0 fully saturated rings. The molecular weight excluding hydrogens is 264 g/mol. The van der Waals surface area contributed by atoms with Gasteiger partial charge in [0.2, 0.25) is 0 Å². The Bertz CT molecular complexity index is 796. The molecule has 20 heavy (non-hydrogen) atoms. The predicted molar refractivity (Wildman–Crippen MR) is 71.7 cm³/mol. The molecule has 0 saturated carbocycles. The van der Waals surface area contributed by atoms with E-state index in [2.05, 4.69) is 16.5 Å². The van der Waals surface area contributed by atoms with Crippen molar-refractivity contribution in [2.75, 3.05) is 0 Å². The van der Waals surface area contributed by atoms with Gasteiger partial charge >= 0.3 is 11.7 Å². The normalized spacial score (nSPS) is 10.8. The topological polar surface area (TPSA) is 110 Å². The van der Waals surface area contributed by atoms with E-state index in [0.717, 1.165) is 0 Å². The van der Waals surface area contributed by atoms with Gasteiger partial charge in [0.1, 0.15) is 5.82 Å². The van der Waals surface area contributed by atoms with Gasteiger partial charge < -0.3 is 9.67 Å². The second-order valence-corrected chi connectivity index (χ2v) is 4.31. The molecule has 2 heterocycles. The van der Waals surface area contributed by atoms with E-state index in [1.54, 1.807) is 10.6 Å². The molecule has 0 aromatic carbocycles. The van der Waals surface area contributed by atoms with Crippen LogP contribution in [0.25, 0.3) is 11.2 Å². The first-order chi connectivity index (χ1) is 9.45. The second-order valence-electron chi connectivity index (χ2n) is 4.31. The molecular formula is C12H14N4O4. The van der Waals surface area contributed by atoms with Crippen molar-refractivity contribution in [2.45, 2.75) is 19.4 Å². The molecule has 2 aromatic heterocycles. The number of hydrogen-bond acceptors (Lipinski definition) is 4. The number of aromatic nitrogens is 4. The maximum atomic E-state index is 11.9. The molecule has 0 atom stereocenters. The monoisotopic (exact) mass is 278 g/mol. The molecule has 8 nitrogen and oxygen atoms in total. The lowest BCUT2D eigenvalue weighted by molar-refractivity contribution is -0.137. The number of nitrogens with zero attached hydrogens (tertiary/aromatic N) is 3. The van der Waals surface area contributed by atoms with Gasteiger partial charge in [0, 0.05) is 20.0 Å². The van der Waals surface area contributed by atoms with Gasteiger partial charge in [-0.15, -0.1) is 6.58 Å². The van der Waals surface area contributed by atoms with E-state index in [1.165, 1.54) is 11.6 Å². The smallest absolute Gasteiger partial charge is 0.329 e. The van der Waals surface area contributed by atoms with Crippen molar-refractivity contribution in [1.29, 1.82) is 0 Å². The Hall–Kier alpha value is -2.64. The fourth-order valence-corrected chi connectivity index (χ4v) is 2.02. The number of carboxylic acids is 1. The van der Waals surface area contributed by atoms with Crippen LogP contribution in [0.2, 0.25) is 0 Å². The summed E-state index contributed by atoms with van der Waals surface area (Å²) in [6, 6.07) is 0. The van der Waals surface area contributed by atoms with Crippen molar-refractivity contribution >= 4 is 17.1 Å². The Balaban J connectivity index is 2.72. The van der Waals surface area contributed by atoms with Crippen LogP contribution in [0, 0.1) is 0 Å². The first-order valence-electron chi connectivity index (χ1n) is 5.96. The molecule has 0 radical (unpaired) electrons. The van der Waals surface area contributed by atoms with Crippen LogP contribution in [0.5, 0.6) is 0 Å². The quantitative estimate of drug-likeness (QED) is 0.725. The minimum Gasteiger partial charge on any atom is -0.481 e. The fourth-order valence-electron chi connectivity index (χ4n) is 2.02. The van der Waals surface area contributed by atoms with Crippen LogP contribution in [0.1, 0.15) is 12.2 Å². The number of aryl methyl sites for hydroxylation is 2. The second kappa shape index (κ2) is 5.16. The molecule has 2 rings (SSSR count). The Labute approximate surface area is 113 Å². The molecule has 0 unspecified atom stereocenters. The molecule has 0 spiro atoms. The summed E-state index contributed by atoms with van der Waals surface area (Å²) in [4.78, 5) is 40.5. The summed E-state index contributed by atoms with van der Waals surface area (Å²) in [5.41, 5.74) is -0.622. The van der Waals surface area contributed by atoms with Crippen molar-refractivity contribution in [1.82, 2.24) is 19.1 Å². The maximum Gasteiger partial charge on any atom is 0.329 e. The van der Waals surface area contributed by atoms with E-state index in [0.29, 0.717) is 12.4 Å². The van der Waals surface area contributed by atoms with E-state index in [-0.39, 0.29) is 24.0 Å². The molecule has 0 bridgehead atoms. The van der Waals surface area contributed by atoms with Gasteiger partial charge in [0.25, 0.3) is 5.56 Å². The van der Waals surface area contributed by atoms with Crippen molar-refractivity contribution < 1.29 is 9.90 Å². The van der Waals surface area contributed by atoms with Gasteiger partial charge in [-0.1, -0.05) is 6.08 Å². The number of carbonyl (C=O) groups is 1. The zero-order chi connectivity index (χ0) is 14.9. The van der Waals surface area contributed by atoms with Crippen LogP contribution in [-0.4, -0.2) is 30.2 Å². The number of allylic oxidation sites excluding steroid dienone is 1. The van der Waals surface area contributed by atoms with E-state index < -0.39 is 17.2 Å². The first kappa shape index (κ1) is 13.8. The number of H-pyrrole nitrogens is 1. The zero-order valence-corrected chi connectivity index (χ0v) is 10.9. The van der Waals surface area contributed by atoms with Crippen molar-refractivity contribution in [3.05, 3.63) is 39.3 Å². The van der Waals surface area contributed by atoms with Gasteiger partial charge in [-0.25, -0.2) is 9.78 Å². The maximum absolute atomic E-state index is 11.9. The third-order valence-corrected chi connectivity index (χ3v) is 2.96. The number of aliphatic carboxylic acids is 1. The molecule has 2 N–H and O–H groups in total. The van der Waals surface area contributed by atoms with Crippen molar-refractivity contribution in [2.24, 2.45) is 7.05 Å². The van der Waals surface area contributed by atoms with Crippen LogP contribution in [0.4, 0.5) is 0 Å². The lowest BCUT2D eigenvalue weighted by Crippen LogP contribution is -2.29. The summed E-state index contributed by atoms with van der Waals surface area (Å²) in [6.45, 7) is 3.91. The van der Waals surface area contributed by atoms with Crippen LogP contribution in [0.3, 0.4) is 0 Å². The Kier molecular flexibility index (Phi) is 3.55. The number of hydrogen-bond donors (Lipinski definition) is 2. The van der Waals surface area contributed by atoms with E-state index in [4.69, 9.17) is 5.11 Å². The molecule has 0 aliphatic heterocycles. The van der Waals surface area contributed by atoms with Gasteiger partial charge in [-0.05, 0) is 0 Å². The average Bonchev–Trinajstić information content (AvgIpc) is 2.74. The molecule has 0 amide bonds. The number of fused-ring (bicyclic) bond motifs is 1. The van der Waals surface area contributed by atoms with E-state index in [9.17, 15) is 14.4 Å². The van der Waals surface area contributed by atoms with Crippen LogP contribution < -0.4 is 11.2 Å². The molecule has 0 aliphatic rings. The zero-order valence-electron chi connectivity index (χ0n) is 10.9. The third-order valence-electron chi connectivity index (χ3n) is 2.96. The number of imidazole rings is 1. The Morgan fingerprint density at radius 3 is 2.80 bits per heavy atom. The molecule has 0 saturated heterocycles. The molecule has 0 aliphatic carbocycles. The lowest BCUT2D eigenvalue weighted by atomic mass is 10.3. The Morgan fingerprint density at radius 2 is 2.20 bits per heavy atom. The molecule has 8 heteroatoms. The van der Waals surface area contributed by atoms with Gasteiger partial charge in [0.15, 0.2) is 11.2 Å². The highest BCUT2D eigenvalue weighted by atomic mass is 16.4. The minimum absolute atomic E-state index is 0.105. The van der Waals surface area contributed by atoms with E-state index in [1.807, 2.05) is 0 Å². The van der Waals surface area contributed by atoms with Gasteiger partial charge in [0.05, 0.1) is 6.42 Å². The summed E-state index contributed by atoms with van der Waals surface area (Å²) in [6.07, 6.45) is 1.65. The SMILES string of the molecule is C=CCn1c(CCC(=O)O)nc2c1c(=O)[nH]c(=O)n2C. The van der Waals surface area contributed by atoms with Crippen LogP contribution in [0.15, 0.2) is 22.2 Å². The fraction of sp³-hybridized carbons (Fsp3) is 0.333. The standard InChI is InChI=1S/C12H14N4O4/c1-3-6-16-7(4-5-8(17)18)13-10-9(16)11(19)14-12(20)15(10)2/h3H,1,4-6H2,2H3,(H,17,18)(H,14,19,20). The summed E-state index contributed by atoms with van der Waals surface area (Å²) >= 11 is 0. The third kappa shape index (κ3) is 2.27. The van der Waals surface area contributed by atoms with Crippen molar-refractivity contribution in [3.8, 4) is 0 Å². The molecule has 106 valence electrons.